The van der Waals surface area contributed by atoms with Crippen LogP contribution < -0.4 is 5.32 Å². The lowest BCUT2D eigenvalue weighted by Gasteiger charge is -2.17. The van der Waals surface area contributed by atoms with Gasteiger partial charge in [0.15, 0.2) is 0 Å². The fourth-order valence-corrected chi connectivity index (χ4v) is 3.84. The van der Waals surface area contributed by atoms with E-state index in [1.807, 2.05) is 11.3 Å². The van der Waals surface area contributed by atoms with Crippen molar-refractivity contribution in [2.75, 3.05) is 6.54 Å². The third-order valence-electron chi connectivity index (χ3n) is 2.98. The van der Waals surface area contributed by atoms with Gasteiger partial charge in [0.2, 0.25) is 0 Å². The van der Waals surface area contributed by atoms with Crippen molar-refractivity contribution in [1.82, 2.24) is 5.32 Å². The van der Waals surface area contributed by atoms with E-state index in [9.17, 15) is 0 Å². The van der Waals surface area contributed by atoms with Crippen LogP contribution in [0.25, 0.3) is 0 Å². The summed E-state index contributed by atoms with van der Waals surface area (Å²) in [5.74, 6) is 0. The Bertz CT molecular complexity index is 466. The molecule has 0 amide bonds. The topological polar surface area (TPSA) is 12.0 Å². The van der Waals surface area contributed by atoms with Gasteiger partial charge in [-0.2, -0.15) is 0 Å². The van der Waals surface area contributed by atoms with Gasteiger partial charge in [0.1, 0.15) is 0 Å². The molecule has 1 N–H and O–H groups in total. The van der Waals surface area contributed by atoms with E-state index in [1.54, 1.807) is 0 Å². The number of benzene rings is 1. The van der Waals surface area contributed by atoms with Crippen molar-refractivity contribution in [2.45, 2.75) is 25.8 Å². The monoisotopic (exact) mass is 323 g/mol. The third kappa shape index (κ3) is 3.67. The maximum Gasteiger partial charge on any atom is 0.0429 e. The molecule has 0 bridgehead atoms. The highest BCUT2D eigenvalue weighted by molar-refractivity contribution is 9.10. The lowest BCUT2D eigenvalue weighted by Crippen LogP contribution is -2.20. The van der Waals surface area contributed by atoms with Crippen LogP contribution in [0.5, 0.6) is 0 Å². The van der Waals surface area contributed by atoms with Crippen molar-refractivity contribution in [3.63, 3.8) is 0 Å². The summed E-state index contributed by atoms with van der Waals surface area (Å²) >= 11 is 5.46. The zero-order valence-corrected chi connectivity index (χ0v) is 12.9. The van der Waals surface area contributed by atoms with E-state index in [2.05, 4.69) is 69.9 Å². The molecule has 0 saturated heterocycles. The summed E-state index contributed by atoms with van der Waals surface area (Å²) in [6.45, 7) is 3.17. The van der Waals surface area contributed by atoms with Gasteiger partial charge in [0.05, 0.1) is 0 Å². The second-order valence-electron chi connectivity index (χ2n) is 4.27. The van der Waals surface area contributed by atoms with Crippen LogP contribution in [0.3, 0.4) is 0 Å². The Labute approximate surface area is 121 Å². The molecule has 0 aliphatic heterocycles. The van der Waals surface area contributed by atoms with Crippen LogP contribution >= 0.6 is 27.3 Å². The molecule has 0 spiro atoms. The van der Waals surface area contributed by atoms with Crippen molar-refractivity contribution >= 4 is 27.3 Å². The second kappa shape index (κ2) is 7.07. The van der Waals surface area contributed by atoms with Crippen molar-refractivity contribution < 1.29 is 0 Å². The number of rotatable bonds is 6. The maximum absolute atomic E-state index is 3.63. The van der Waals surface area contributed by atoms with E-state index in [1.165, 1.54) is 14.9 Å². The van der Waals surface area contributed by atoms with Crippen molar-refractivity contribution in [3.05, 3.63) is 56.7 Å². The van der Waals surface area contributed by atoms with Gasteiger partial charge >= 0.3 is 0 Å². The molecule has 1 aromatic carbocycles. The summed E-state index contributed by atoms with van der Waals surface area (Å²) in [6.07, 6.45) is 2.25. The Hall–Kier alpha value is -0.640. The molecule has 2 rings (SSSR count). The first kappa shape index (κ1) is 13.8. The van der Waals surface area contributed by atoms with Crippen molar-refractivity contribution in [3.8, 4) is 0 Å². The molecule has 0 fully saturated rings. The van der Waals surface area contributed by atoms with Crippen LogP contribution in [0.1, 0.15) is 29.8 Å². The van der Waals surface area contributed by atoms with E-state index < -0.39 is 0 Å². The van der Waals surface area contributed by atoms with Crippen molar-refractivity contribution in [1.29, 1.82) is 0 Å². The normalized spacial score (nSPS) is 12.6. The smallest absolute Gasteiger partial charge is 0.0429 e. The molecule has 0 saturated carbocycles. The molecule has 0 aliphatic carbocycles. The van der Waals surface area contributed by atoms with E-state index in [0.717, 1.165) is 19.4 Å². The van der Waals surface area contributed by atoms with Crippen molar-refractivity contribution in [2.24, 2.45) is 0 Å². The van der Waals surface area contributed by atoms with Crippen LogP contribution in [-0.2, 0) is 6.42 Å². The first-order chi connectivity index (χ1) is 8.81. The van der Waals surface area contributed by atoms with Gasteiger partial charge in [0.25, 0.3) is 0 Å². The number of nitrogens with one attached hydrogen (secondary N) is 1. The summed E-state index contributed by atoms with van der Waals surface area (Å²) < 4.78 is 1.23. The second-order valence-corrected chi connectivity index (χ2v) is 6.07. The summed E-state index contributed by atoms with van der Waals surface area (Å²) in [4.78, 5) is 1.41. The van der Waals surface area contributed by atoms with Crippen LogP contribution in [0.4, 0.5) is 0 Å². The maximum atomic E-state index is 3.63. The zero-order valence-electron chi connectivity index (χ0n) is 10.5. The van der Waals surface area contributed by atoms with Gasteiger partial charge in [-0.15, -0.1) is 11.3 Å². The molecule has 96 valence electrons. The number of thiophene rings is 1. The molecule has 1 aromatic heterocycles. The van der Waals surface area contributed by atoms with Crippen LogP contribution in [0.2, 0.25) is 0 Å². The largest absolute Gasteiger partial charge is 0.309 e. The summed E-state index contributed by atoms with van der Waals surface area (Å²) in [7, 11) is 0. The van der Waals surface area contributed by atoms with Gasteiger partial charge in [0, 0.05) is 15.4 Å². The highest BCUT2D eigenvalue weighted by Crippen LogP contribution is 2.31. The third-order valence-corrected chi connectivity index (χ3v) is 4.96. The first-order valence-electron chi connectivity index (χ1n) is 6.31. The van der Waals surface area contributed by atoms with E-state index in [4.69, 9.17) is 0 Å². The molecule has 0 aliphatic rings. The summed E-state index contributed by atoms with van der Waals surface area (Å²) in [6, 6.07) is 13.3. The van der Waals surface area contributed by atoms with Crippen LogP contribution in [0.15, 0.2) is 46.3 Å². The Morgan fingerprint density at radius 1 is 1.22 bits per heavy atom. The van der Waals surface area contributed by atoms with Gasteiger partial charge in [-0.25, -0.2) is 0 Å². The van der Waals surface area contributed by atoms with E-state index in [-0.39, 0.29) is 0 Å². The minimum atomic E-state index is 0.449. The summed E-state index contributed by atoms with van der Waals surface area (Å²) in [5, 5.41) is 5.72. The number of hydrogen-bond acceptors (Lipinski definition) is 2. The highest BCUT2D eigenvalue weighted by atomic mass is 79.9. The minimum Gasteiger partial charge on any atom is -0.309 e. The molecule has 1 atom stereocenters. The molecular weight excluding hydrogens is 306 g/mol. The van der Waals surface area contributed by atoms with E-state index >= 15 is 0 Å². The molecule has 3 heteroatoms. The molecule has 0 radical (unpaired) electrons. The fourth-order valence-electron chi connectivity index (χ4n) is 2.08. The van der Waals surface area contributed by atoms with Crippen LogP contribution in [-0.4, -0.2) is 6.54 Å². The van der Waals surface area contributed by atoms with Gasteiger partial charge in [-0.1, -0.05) is 37.3 Å². The number of hydrogen-bond donors (Lipinski definition) is 1. The Morgan fingerprint density at radius 2 is 2.00 bits per heavy atom. The SMILES string of the molecule is CCNC(CCc1ccccc1)c1sccc1Br. The molecule has 2 aromatic rings. The van der Waals surface area contributed by atoms with E-state index in [0.29, 0.717) is 6.04 Å². The lowest BCUT2D eigenvalue weighted by molar-refractivity contribution is 0.521. The van der Waals surface area contributed by atoms with Gasteiger partial charge in [-0.3, -0.25) is 0 Å². The molecule has 1 heterocycles. The van der Waals surface area contributed by atoms with Gasteiger partial charge < -0.3 is 5.32 Å². The molecule has 1 nitrogen and oxygen atoms in total. The molecular formula is C15H18BrNS. The predicted octanol–water partition coefficient (Wildman–Crippen LogP) is 4.79. The van der Waals surface area contributed by atoms with Crippen LogP contribution in [0, 0.1) is 0 Å². The quantitative estimate of drug-likeness (QED) is 0.805. The average molecular weight is 324 g/mol. The first-order valence-corrected chi connectivity index (χ1v) is 7.98. The highest BCUT2D eigenvalue weighted by Gasteiger charge is 2.14. The molecule has 18 heavy (non-hydrogen) atoms. The number of halogens is 1. The lowest BCUT2D eigenvalue weighted by atomic mass is 10.0. The fraction of sp³-hybridized carbons (Fsp3) is 0.333. The zero-order chi connectivity index (χ0) is 12.8. The number of aryl methyl sites for hydroxylation is 1. The Kier molecular flexibility index (Phi) is 5.42. The Balaban J connectivity index is 2.01. The van der Waals surface area contributed by atoms with Gasteiger partial charge in [-0.05, 0) is 52.3 Å². The standard InChI is InChI=1S/C15H18BrNS/c1-2-17-14(15-13(16)10-11-18-15)9-8-12-6-4-3-5-7-12/h3-7,10-11,14,17H,2,8-9H2,1H3. The average Bonchev–Trinajstić information content (AvgIpc) is 2.82. The minimum absolute atomic E-state index is 0.449. The molecule has 1 unspecified atom stereocenters. The summed E-state index contributed by atoms with van der Waals surface area (Å²) in [5.41, 5.74) is 1.41. The predicted molar refractivity (Wildman–Crippen MR) is 83.2 cm³/mol. The Morgan fingerprint density at radius 3 is 2.61 bits per heavy atom.